The van der Waals surface area contributed by atoms with Crippen LogP contribution in [0.2, 0.25) is 0 Å². The lowest BCUT2D eigenvalue weighted by molar-refractivity contribution is -0.143. The number of aliphatic hydroxyl groups is 2. The highest BCUT2D eigenvalue weighted by atomic mass is 16.5. The molecule has 0 aromatic heterocycles. The van der Waals surface area contributed by atoms with Crippen LogP contribution >= 0.6 is 0 Å². The molecule has 0 saturated carbocycles. The summed E-state index contributed by atoms with van der Waals surface area (Å²) in [7, 11) is 0. The van der Waals surface area contributed by atoms with Crippen LogP contribution in [0, 0.1) is 0 Å². The maximum absolute atomic E-state index is 12.6. The fourth-order valence-electron chi connectivity index (χ4n) is 14.2. The Labute approximate surface area is 584 Å². The minimum absolute atomic E-state index is 0.0151. The van der Waals surface area contributed by atoms with E-state index < -0.39 is 12.1 Å². The van der Waals surface area contributed by atoms with Crippen LogP contribution in [-0.4, -0.2) is 47.4 Å². The van der Waals surface area contributed by atoms with Crippen LogP contribution in [0.25, 0.3) is 0 Å². The average Bonchev–Trinajstić information content (AvgIpc) is 3.66. The summed E-state index contributed by atoms with van der Waals surface area (Å²) in [6, 6.07) is -0.538. The van der Waals surface area contributed by atoms with E-state index in [2.05, 4.69) is 31.3 Å². The summed E-state index contributed by atoms with van der Waals surface area (Å²) in [5.74, 6) is -0.00688. The van der Waals surface area contributed by atoms with E-state index in [1.165, 1.54) is 430 Å². The normalized spacial score (nSPS) is 12.4. The molecule has 0 aliphatic carbocycles. The minimum Gasteiger partial charge on any atom is -0.466 e. The number of carbonyl (C=O) groups excluding carboxylic acids is 2. The minimum atomic E-state index is -0.661. The topological polar surface area (TPSA) is 95.9 Å². The summed E-state index contributed by atoms with van der Waals surface area (Å²) >= 11 is 0. The van der Waals surface area contributed by atoms with E-state index in [1.54, 1.807) is 0 Å². The van der Waals surface area contributed by atoms with Gasteiger partial charge in [-0.2, -0.15) is 0 Å². The van der Waals surface area contributed by atoms with Crippen LogP contribution in [0.15, 0.2) is 12.2 Å². The molecular weight excluding hydrogens is 1140 g/mol. The number of rotatable bonds is 83. The second-order valence-electron chi connectivity index (χ2n) is 30.2. The second-order valence-corrected chi connectivity index (χ2v) is 30.2. The van der Waals surface area contributed by atoms with Crippen molar-refractivity contribution in [1.29, 1.82) is 0 Å². The van der Waals surface area contributed by atoms with Gasteiger partial charge in [0.1, 0.15) is 0 Å². The first-order valence-corrected chi connectivity index (χ1v) is 43.4. The number of allylic oxidation sites excluding steroid dienone is 2. The molecule has 0 bridgehead atoms. The van der Waals surface area contributed by atoms with Crippen LogP contribution in [0.4, 0.5) is 0 Å². The van der Waals surface area contributed by atoms with E-state index in [1.807, 2.05) is 0 Å². The quantitative estimate of drug-likeness (QED) is 0.0320. The molecule has 0 aliphatic heterocycles. The highest BCUT2D eigenvalue weighted by Crippen LogP contribution is 2.21. The van der Waals surface area contributed by atoms with Crippen molar-refractivity contribution in [2.24, 2.45) is 0 Å². The number of esters is 1. The number of ether oxygens (including phenoxy) is 1. The molecule has 0 saturated heterocycles. The summed E-state index contributed by atoms with van der Waals surface area (Å²) in [4.78, 5) is 24.6. The highest BCUT2D eigenvalue weighted by molar-refractivity contribution is 5.76. The van der Waals surface area contributed by atoms with Crippen molar-refractivity contribution in [2.75, 3.05) is 13.2 Å². The first kappa shape index (κ1) is 91.6. The Balaban J connectivity index is 3.30. The molecule has 0 aromatic carbocycles. The van der Waals surface area contributed by atoms with Gasteiger partial charge < -0.3 is 20.3 Å². The van der Waals surface area contributed by atoms with E-state index in [0.29, 0.717) is 25.9 Å². The van der Waals surface area contributed by atoms with Crippen molar-refractivity contribution >= 4 is 11.9 Å². The molecule has 3 N–H and O–H groups in total. The summed E-state index contributed by atoms with van der Waals surface area (Å²) < 4.78 is 5.49. The third-order valence-corrected chi connectivity index (χ3v) is 20.8. The Morgan fingerprint density at radius 1 is 0.290 bits per heavy atom. The van der Waals surface area contributed by atoms with Gasteiger partial charge in [0.25, 0.3) is 0 Å². The summed E-state index contributed by atoms with van der Waals surface area (Å²) in [5.41, 5.74) is 0. The number of amides is 1. The highest BCUT2D eigenvalue weighted by Gasteiger charge is 2.20. The van der Waals surface area contributed by atoms with E-state index in [4.69, 9.17) is 4.74 Å². The summed E-state index contributed by atoms with van der Waals surface area (Å²) in [6.07, 6.45) is 106. The molecule has 6 nitrogen and oxygen atoms in total. The molecule has 0 rings (SSSR count). The number of carbonyl (C=O) groups is 2. The molecule has 0 aromatic rings. The predicted octanol–water partition coefficient (Wildman–Crippen LogP) is 29.0. The largest absolute Gasteiger partial charge is 0.466 e. The molecule has 2 atom stereocenters. The van der Waals surface area contributed by atoms with Crippen LogP contribution in [0.5, 0.6) is 0 Å². The monoisotopic (exact) mass is 1310 g/mol. The molecule has 0 fully saturated rings. The molecule has 93 heavy (non-hydrogen) atoms. The summed E-state index contributed by atoms with van der Waals surface area (Å²) in [5, 5.41) is 23.5. The average molecular weight is 1310 g/mol. The first-order valence-electron chi connectivity index (χ1n) is 43.4. The Morgan fingerprint density at radius 2 is 0.505 bits per heavy atom. The van der Waals surface area contributed by atoms with Crippen molar-refractivity contribution in [2.45, 2.75) is 520 Å². The molecular formula is C87H171NO5. The van der Waals surface area contributed by atoms with Crippen molar-refractivity contribution in [3.8, 4) is 0 Å². The second kappa shape index (κ2) is 83.0. The van der Waals surface area contributed by atoms with Crippen LogP contribution in [0.3, 0.4) is 0 Å². The number of nitrogens with one attached hydrogen (secondary N) is 1. The van der Waals surface area contributed by atoms with Gasteiger partial charge >= 0.3 is 5.97 Å². The predicted molar refractivity (Wildman–Crippen MR) is 412 cm³/mol. The summed E-state index contributed by atoms with van der Waals surface area (Å²) in [6.45, 7) is 4.99. The smallest absolute Gasteiger partial charge is 0.305 e. The Bertz CT molecular complexity index is 1420. The van der Waals surface area contributed by atoms with E-state index in [0.717, 1.165) is 44.9 Å². The van der Waals surface area contributed by atoms with Crippen LogP contribution in [-0.2, 0) is 14.3 Å². The van der Waals surface area contributed by atoms with Gasteiger partial charge in [-0.25, -0.2) is 0 Å². The lowest BCUT2D eigenvalue weighted by Crippen LogP contribution is -2.45. The third-order valence-electron chi connectivity index (χ3n) is 20.8. The van der Waals surface area contributed by atoms with Gasteiger partial charge in [-0.1, -0.05) is 456 Å². The zero-order valence-corrected chi connectivity index (χ0v) is 63.8. The Morgan fingerprint density at radius 3 is 0.785 bits per heavy atom. The molecule has 0 heterocycles. The van der Waals surface area contributed by atoms with Crippen molar-refractivity contribution < 1.29 is 24.5 Å². The van der Waals surface area contributed by atoms with Gasteiger partial charge in [0, 0.05) is 12.8 Å². The molecule has 2 unspecified atom stereocenters. The first-order chi connectivity index (χ1) is 46.0. The van der Waals surface area contributed by atoms with Crippen molar-refractivity contribution in [1.82, 2.24) is 5.32 Å². The molecule has 1 amide bonds. The van der Waals surface area contributed by atoms with Gasteiger partial charge in [0.05, 0.1) is 25.4 Å². The van der Waals surface area contributed by atoms with Gasteiger partial charge in [0.2, 0.25) is 5.91 Å². The zero-order chi connectivity index (χ0) is 67.0. The molecule has 6 heteroatoms. The van der Waals surface area contributed by atoms with Crippen molar-refractivity contribution in [3.63, 3.8) is 0 Å². The Hall–Kier alpha value is -1.40. The van der Waals surface area contributed by atoms with E-state index >= 15 is 0 Å². The number of hydrogen-bond donors (Lipinski definition) is 3. The van der Waals surface area contributed by atoms with E-state index in [-0.39, 0.29) is 18.5 Å². The number of unbranched alkanes of at least 4 members (excludes halogenated alkanes) is 70. The molecule has 0 aliphatic rings. The van der Waals surface area contributed by atoms with Crippen molar-refractivity contribution in [3.05, 3.63) is 12.2 Å². The fraction of sp³-hybridized carbons (Fsp3) is 0.954. The molecule has 0 radical (unpaired) electrons. The number of aliphatic hydroxyl groups excluding tert-OH is 2. The van der Waals surface area contributed by atoms with E-state index in [9.17, 15) is 19.8 Å². The Kier molecular flexibility index (Phi) is 81.8. The lowest BCUT2D eigenvalue weighted by Gasteiger charge is -2.22. The van der Waals surface area contributed by atoms with Gasteiger partial charge in [-0.05, 0) is 51.4 Å². The zero-order valence-electron chi connectivity index (χ0n) is 63.8. The fourth-order valence-corrected chi connectivity index (χ4v) is 14.2. The number of hydrogen-bond acceptors (Lipinski definition) is 5. The SMILES string of the molecule is CCCCC/C=C\CCCCCCCC(=O)OCCCCCCCCCCCCCCCCCCCCCCCCCCCCCCCCCCCCCCCCCC(=O)NC(CO)C(O)CCCCCCCCCCCCCCCCCCCCCCCCCCC. The standard InChI is InChI=1S/C87H171NO5/c1-3-5-7-9-11-13-15-17-18-19-20-21-22-38-41-44-47-50-53-56-59-63-67-71-75-79-85(90)84(83-89)88-86(91)80-76-72-68-64-60-57-54-51-48-45-42-39-36-34-32-30-28-26-24-23-25-27-29-31-33-35-37-40-43-46-49-52-55-58-62-66-70-74-78-82-93-87(92)81-77-73-69-65-61-16-14-12-10-8-6-4-2/h12,14,84-85,89-90H,3-11,13,15-83H2,1-2H3,(H,88,91)/b14-12-. The van der Waals surface area contributed by atoms with Gasteiger partial charge in [0.15, 0.2) is 0 Å². The lowest BCUT2D eigenvalue weighted by atomic mass is 10.0. The van der Waals surface area contributed by atoms with Crippen LogP contribution < -0.4 is 5.32 Å². The van der Waals surface area contributed by atoms with Crippen LogP contribution in [0.1, 0.15) is 508 Å². The molecule has 0 spiro atoms. The van der Waals surface area contributed by atoms with Gasteiger partial charge in [-0.3, -0.25) is 9.59 Å². The maximum Gasteiger partial charge on any atom is 0.305 e. The van der Waals surface area contributed by atoms with Gasteiger partial charge in [-0.15, -0.1) is 0 Å². The maximum atomic E-state index is 12.6. The molecule has 554 valence electrons. The third kappa shape index (κ3) is 79.5.